The second-order valence-corrected chi connectivity index (χ2v) is 11.0. The zero-order valence-electron chi connectivity index (χ0n) is 22.5. The van der Waals surface area contributed by atoms with E-state index in [-0.39, 0.29) is 18.7 Å². The summed E-state index contributed by atoms with van der Waals surface area (Å²) in [7, 11) is 2.01. The van der Waals surface area contributed by atoms with Crippen LogP contribution in [0.2, 0.25) is 0 Å². The lowest BCUT2D eigenvalue weighted by atomic mass is 10.1. The second-order valence-electron chi connectivity index (χ2n) is 11.0. The number of nitrogens with zero attached hydrogens (tertiary/aromatic N) is 2. The van der Waals surface area contributed by atoms with Gasteiger partial charge in [0.2, 0.25) is 11.8 Å². The molecule has 1 fully saturated rings. The number of hydrogen-bond donors (Lipinski definition) is 2. The first-order valence-electron chi connectivity index (χ1n) is 12.2. The van der Waals surface area contributed by atoms with Gasteiger partial charge in [0.1, 0.15) is 17.2 Å². The van der Waals surface area contributed by atoms with E-state index in [1.54, 1.807) is 70.7 Å². The van der Waals surface area contributed by atoms with E-state index < -0.39 is 35.2 Å². The van der Waals surface area contributed by atoms with E-state index in [2.05, 4.69) is 15.5 Å². The van der Waals surface area contributed by atoms with Gasteiger partial charge in [0.25, 0.3) is 0 Å². The summed E-state index contributed by atoms with van der Waals surface area (Å²) in [5.41, 5.74) is -0.567. The number of anilines is 1. The van der Waals surface area contributed by atoms with Crippen molar-refractivity contribution in [1.29, 1.82) is 0 Å². The van der Waals surface area contributed by atoms with E-state index in [0.717, 1.165) is 13.1 Å². The van der Waals surface area contributed by atoms with E-state index in [0.29, 0.717) is 24.3 Å². The topological polar surface area (TPSA) is 117 Å². The summed E-state index contributed by atoms with van der Waals surface area (Å²) in [6.45, 7) is 13.4. The third kappa shape index (κ3) is 10.2. The highest BCUT2D eigenvalue weighted by molar-refractivity contribution is 5.97. The van der Waals surface area contributed by atoms with Crippen molar-refractivity contribution < 1.29 is 28.7 Å². The number of nitrogens with one attached hydrogen (secondary N) is 2. The van der Waals surface area contributed by atoms with Crippen LogP contribution in [0.3, 0.4) is 0 Å². The number of rotatable bonds is 7. The fourth-order valence-corrected chi connectivity index (χ4v) is 3.46. The van der Waals surface area contributed by atoms with Gasteiger partial charge in [0.05, 0.1) is 5.56 Å². The Morgan fingerprint density at radius 1 is 0.889 bits per heavy atom. The summed E-state index contributed by atoms with van der Waals surface area (Å²) in [5, 5.41) is 5.33. The molecule has 0 radical (unpaired) electrons. The molecule has 0 spiro atoms. The van der Waals surface area contributed by atoms with Crippen molar-refractivity contribution >= 4 is 29.6 Å². The Morgan fingerprint density at radius 3 is 1.97 bits per heavy atom. The van der Waals surface area contributed by atoms with Crippen molar-refractivity contribution in [2.24, 2.45) is 0 Å². The predicted octanol–water partition coefficient (Wildman–Crippen LogP) is 3.03. The van der Waals surface area contributed by atoms with E-state index in [4.69, 9.17) is 9.47 Å². The summed E-state index contributed by atoms with van der Waals surface area (Å²) < 4.78 is 10.7. The molecule has 2 N–H and O–H groups in total. The lowest BCUT2D eigenvalue weighted by Gasteiger charge is -2.32. The van der Waals surface area contributed by atoms with Gasteiger partial charge in [-0.1, -0.05) is 0 Å². The van der Waals surface area contributed by atoms with Gasteiger partial charge in [-0.3, -0.25) is 9.59 Å². The Kier molecular flexibility index (Phi) is 9.86. The molecule has 1 aliphatic heterocycles. The number of carbonyl (C=O) groups excluding carboxylic acids is 4. The van der Waals surface area contributed by atoms with Crippen LogP contribution in [-0.4, -0.2) is 84.1 Å². The smallest absolute Gasteiger partial charge is 0.408 e. The quantitative estimate of drug-likeness (QED) is 0.548. The number of carbonyl (C=O) groups is 4. The van der Waals surface area contributed by atoms with Crippen LogP contribution in [0.1, 0.15) is 64.7 Å². The normalized spacial score (nSPS) is 15.6. The SMILES string of the molecule is CN1CCN(C(=O)CC[C@H](NC(=O)OC(C)(C)C)C(=O)Nc2ccc(C(=O)OC(C)(C)C)cc2)CC1. The average Bonchev–Trinajstić information content (AvgIpc) is 2.74. The molecular weight excluding hydrogens is 464 g/mol. The fraction of sp³-hybridized carbons (Fsp3) is 0.615. The first kappa shape index (κ1) is 29.1. The van der Waals surface area contributed by atoms with Crippen molar-refractivity contribution in [3.8, 4) is 0 Å². The zero-order valence-corrected chi connectivity index (χ0v) is 22.5. The predicted molar refractivity (Wildman–Crippen MR) is 137 cm³/mol. The monoisotopic (exact) mass is 504 g/mol. The minimum atomic E-state index is -0.984. The molecule has 1 aromatic rings. The molecule has 0 bridgehead atoms. The molecule has 1 saturated heterocycles. The molecule has 200 valence electrons. The van der Waals surface area contributed by atoms with Crippen LogP contribution in [0, 0.1) is 0 Å². The van der Waals surface area contributed by atoms with E-state index in [1.165, 1.54) is 0 Å². The minimum Gasteiger partial charge on any atom is -0.456 e. The summed E-state index contributed by atoms with van der Waals surface area (Å²) >= 11 is 0. The maximum absolute atomic E-state index is 13.0. The van der Waals surface area contributed by atoms with Crippen molar-refractivity contribution in [2.75, 3.05) is 38.5 Å². The van der Waals surface area contributed by atoms with Crippen molar-refractivity contribution in [3.05, 3.63) is 29.8 Å². The van der Waals surface area contributed by atoms with Gasteiger partial charge in [-0.2, -0.15) is 0 Å². The standard InChI is InChI=1S/C26H40N4O6/c1-25(2,3)35-23(33)18-8-10-19(11-9-18)27-22(32)20(28-24(34)36-26(4,5)6)12-13-21(31)30-16-14-29(7)15-17-30/h8-11,20H,12-17H2,1-7H3,(H,27,32)(H,28,34)/t20-/m0/s1. The van der Waals surface area contributed by atoms with Crippen LogP contribution < -0.4 is 10.6 Å². The molecule has 3 amide bonds. The molecule has 1 atom stereocenters. The van der Waals surface area contributed by atoms with Gasteiger partial charge in [0.15, 0.2) is 0 Å². The van der Waals surface area contributed by atoms with Crippen LogP contribution >= 0.6 is 0 Å². The molecule has 1 aromatic carbocycles. The Morgan fingerprint density at radius 2 is 1.44 bits per heavy atom. The highest BCUT2D eigenvalue weighted by Gasteiger charge is 2.27. The van der Waals surface area contributed by atoms with Gasteiger partial charge in [-0.05, 0) is 79.3 Å². The Labute approximate surface area is 213 Å². The minimum absolute atomic E-state index is 0.0615. The number of piperazine rings is 1. The van der Waals surface area contributed by atoms with E-state index in [9.17, 15) is 19.2 Å². The van der Waals surface area contributed by atoms with Crippen LogP contribution in [0.25, 0.3) is 0 Å². The Balaban J connectivity index is 2.05. The lowest BCUT2D eigenvalue weighted by Crippen LogP contribution is -2.49. The molecule has 36 heavy (non-hydrogen) atoms. The molecule has 1 heterocycles. The lowest BCUT2D eigenvalue weighted by molar-refractivity contribution is -0.133. The van der Waals surface area contributed by atoms with Crippen LogP contribution in [0.5, 0.6) is 0 Å². The Bertz CT molecular complexity index is 925. The number of benzene rings is 1. The summed E-state index contributed by atoms with van der Waals surface area (Å²) in [6, 6.07) is 5.28. The summed E-state index contributed by atoms with van der Waals surface area (Å²) in [6.07, 6.45) is -0.517. The van der Waals surface area contributed by atoms with Crippen LogP contribution in [-0.2, 0) is 19.1 Å². The highest BCUT2D eigenvalue weighted by Crippen LogP contribution is 2.16. The highest BCUT2D eigenvalue weighted by atomic mass is 16.6. The molecule has 0 unspecified atom stereocenters. The summed E-state index contributed by atoms with van der Waals surface area (Å²) in [4.78, 5) is 54.3. The number of alkyl carbamates (subject to hydrolysis) is 1. The van der Waals surface area contributed by atoms with Crippen molar-refractivity contribution in [1.82, 2.24) is 15.1 Å². The number of ether oxygens (including phenoxy) is 2. The number of hydrogen-bond acceptors (Lipinski definition) is 7. The van der Waals surface area contributed by atoms with Gasteiger partial charge < -0.3 is 29.9 Å². The maximum Gasteiger partial charge on any atom is 0.408 e. The average molecular weight is 505 g/mol. The molecule has 0 aromatic heterocycles. The largest absolute Gasteiger partial charge is 0.456 e. The van der Waals surface area contributed by atoms with Crippen LogP contribution in [0.4, 0.5) is 10.5 Å². The van der Waals surface area contributed by atoms with Gasteiger partial charge in [-0.15, -0.1) is 0 Å². The molecule has 1 aliphatic rings. The maximum atomic E-state index is 13.0. The molecule has 0 saturated carbocycles. The Hall–Kier alpha value is -3.14. The first-order valence-corrected chi connectivity index (χ1v) is 12.2. The van der Waals surface area contributed by atoms with E-state index >= 15 is 0 Å². The third-order valence-electron chi connectivity index (χ3n) is 5.30. The second kappa shape index (κ2) is 12.2. The van der Waals surface area contributed by atoms with Gasteiger partial charge in [0, 0.05) is 38.3 Å². The number of amides is 3. The first-order chi connectivity index (χ1) is 16.6. The van der Waals surface area contributed by atoms with E-state index in [1.807, 2.05) is 7.05 Å². The molecule has 2 rings (SSSR count). The van der Waals surface area contributed by atoms with Gasteiger partial charge in [-0.25, -0.2) is 9.59 Å². The third-order valence-corrected chi connectivity index (χ3v) is 5.30. The summed E-state index contributed by atoms with van der Waals surface area (Å²) in [5.74, 6) is -1.02. The van der Waals surface area contributed by atoms with Gasteiger partial charge >= 0.3 is 12.1 Å². The molecular formula is C26H40N4O6. The number of esters is 1. The number of likely N-dealkylation sites (N-methyl/N-ethyl adjacent to an activating group) is 1. The van der Waals surface area contributed by atoms with Crippen molar-refractivity contribution in [3.63, 3.8) is 0 Å². The molecule has 0 aliphatic carbocycles. The molecule has 10 nitrogen and oxygen atoms in total. The van der Waals surface area contributed by atoms with Crippen molar-refractivity contribution in [2.45, 2.75) is 71.6 Å². The zero-order chi connectivity index (χ0) is 27.1. The van der Waals surface area contributed by atoms with Crippen LogP contribution in [0.15, 0.2) is 24.3 Å². The molecule has 10 heteroatoms. The fourth-order valence-electron chi connectivity index (χ4n) is 3.46.